The van der Waals surface area contributed by atoms with Crippen molar-refractivity contribution >= 4 is 21.6 Å². The summed E-state index contributed by atoms with van der Waals surface area (Å²) in [6.45, 7) is 4.11. The van der Waals surface area contributed by atoms with Crippen LogP contribution in [0.2, 0.25) is 0 Å². The minimum absolute atomic E-state index is 0.161. The standard InChI is InChI=1S/C18H20BrFN2O/c19-15-7-5-14(6-8-15)18(23)13-21-9-11-22(12-10-21)17-4-2-1-3-16(17)20/h1-8,18,23H,9-13H2/p+1/t18-/m1/s1. The molecule has 1 aliphatic rings. The number of piperazine rings is 1. The van der Waals surface area contributed by atoms with Crippen LogP contribution in [0.3, 0.4) is 0 Å². The molecule has 0 bridgehead atoms. The van der Waals surface area contributed by atoms with Crippen LogP contribution in [-0.4, -0.2) is 37.8 Å². The van der Waals surface area contributed by atoms with Crippen LogP contribution in [0.1, 0.15) is 11.7 Å². The Labute approximate surface area is 144 Å². The van der Waals surface area contributed by atoms with Gasteiger partial charge in [0.2, 0.25) is 0 Å². The summed E-state index contributed by atoms with van der Waals surface area (Å²) < 4.78 is 14.9. The molecule has 0 aromatic heterocycles. The van der Waals surface area contributed by atoms with Crippen molar-refractivity contribution in [2.45, 2.75) is 6.10 Å². The topological polar surface area (TPSA) is 27.9 Å². The van der Waals surface area contributed by atoms with E-state index in [0.29, 0.717) is 12.2 Å². The third-order valence-electron chi connectivity index (χ3n) is 4.40. The third-order valence-corrected chi connectivity index (χ3v) is 4.93. The number of hydrogen-bond donors (Lipinski definition) is 2. The quantitative estimate of drug-likeness (QED) is 0.850. The summed E-state index contributed by atoms with van der Waals surface area (Å²) >= 11 is 3.40. The maximum atomic E-state index is 13.8. The molecule has 0 aliphatic carbocycles. The highest BCUT2D eigenvalue weighted by molar-refractivity contribution is 9.10. The maximum absolute atomic E-state index is 13.8. The van der Waals surface area contributed by atoms with Crippen molar-refractivity contribution in [2.75, 3.05) is 37.6 Å². The average Bonchev–Trinajstić information content (AvgIpc) is 2.57. The molecular formula is C18H21BrFN2O+. The molecule has 0 radical (unpaired) electrons. The Morgan fingerprint density at radius 2 is 1.74 bits per heavy atom. The summed E-state index contributed by atoms with van der Waals surface area (Å²) in [5.41, 5.74) is 1.62. The molecule has 5 heteroatoms. The van der Waals surface area contributed by atoms with Gasteiger partial charge in [0.15, 0.2) is 0 Å². The Balaban J connectivity index is 1.55. The smallest absolute Gasteiger partial charge is 0.146 e. The number of halogens is 2. The highest BCUT2D eigenvalue weighted by atomic mass is 79.9. The van der Waals surface area contributed by atoms with E-state index in [9.17, 15) is 9.50 Å². The predicted molar refractivity (Wildman–Crippen MR) is 93.3 cm³/mol. The molecule has 1 fully saturated rings. The SMILES string of the molecule is O[C@H](C[NH+]1CCN(c2ccccc2F)CC1)c1ccc(Br)cc1. The van der Waals surface area contributed by atoms with Gasteiger partial charge in [-0.05, 0) is 29.8 Å². The van der Waals surface area contributed by atoms with E-state index in [0.717, 1.165) is 36.2 Å². The van der Waals surface area contributed by atoms with Crippen molar-refractivity contribution in [3.05, 3.63) is 64.4 Å². The predicted octanol–water partition coefficient (Wildman–Crippen LogP) is 2.03. The van der Waals surface area contributed by atoms with Crippen LogP contribution in [0, 0.1) is 5.82 Å². The lowest BCUT2D eigenvalue weighted by molar-refractivity contribution is -0.904. The van der Waals surface area contributed by atoms with E-state index in [1.165, 1.54) is 11.0 Å². The number of aliphatic hydroxyl groups is 1. The van der Waals surface area contributed by atoms with Gasteiger partial charge in [0.05, 0.1) is 31.9 Å². The maximum Gasteiger partial charge on any atom is 0.146 e. The van der Waals surface area contributed by atoms with Crippen molar-refractivity contribution in [3.63, 3.8) is 0 Å². The van der Waals surface area contributed by atoms with Gasteiger partial charge < -0.3 is 14.9 Å². The first-order valence-electron chi connectivity index (χ1n) is 7.90. The molecule has 2 aromatic carbocycles. The van der Waals surface area contributed by atoms with E-state index < -0.39 is 6.10 Å². The largest absolute Gasteiger partial charge is 0.382 e. The minimum Gasteiger partial charge on any atom is -0.382 e. The summed E-state index contributed by atoms with van der Waals surface area (Å²) in [4.78, 5) is 3.44. The van der Waals surface area contributed by atoms with Gasteiger partial charge in [0, 0.05) is 4.47 Å². The lowest BCUT2D eigenvalue weighted by Gasteiger charge is -2.34. The molecule has 0 unspecified atom stereocenters. The molecule has 122 valence electrons. The molecule has 1 atom stereocenters. The lowest BCUT2D eigenvalue weighted by atomic mass is 10.1. The van der Waals surface area contributed by atoms with E-state index in [-0.39, 0.29) is 5.82 Å². The van der Waals surface area contributed by atoms with Crippen molar-refractivity contribution < 1.29 is 14.4 Å². The van der Waals surface area contributed by atoms with Gasteiger partial charge in [-0.25, -0.2) is 4.39 Å². The fourth-order valence-electron chi connectivity index (χ4n) is 3.05. The average molecular weight is 380 g/mol. The Kier molecular flexibility index (Phi) is 5.30. The molecule has 1 aliphatic heterocycles. The van der Waals surface area contributed by atoms with Crippen LogP contribution < -0.4 is 9.80 Å². The molecule has 0 amide bonds. The van der Waals surface area contributed by atoms with Crippen molar-refractivity contribution in [1.29, 1.82) is 0 Å². The van der Waals surface area contributed by atoms with Gasteiger partial charge in [-0.3, -0.25) is 0 Å². The van der Waals surface area contributed by atoms with Crippen LogP contribution in [0.5, 0.6) is 0 Å². The first kappa shape index (κ1) is 16.4. The highest BCUT2D eigenvalue weighted by Gasteiger charge is 2.24. The zero-order valence-electron chi connectivity index (χ0n) is 12.9. The third kappa shape index (κ3) is 4.10. The zero-order valence-corrected chi connectivity index (χ0v) is 14.5. The summed E-state index contributed by atoms with van der Waals surface area (Å²) in [6.07, 6.45) is -0.460. The first-order chi connectivity index (χ1) is 11.1. The van der Waals surface area contributed by atoms with Gasteiger partial charge >= 0.3 is 0 Å². The number of benzene rings is 2. The number of rotatable bonds is 4. The fourth-order valence-corrected chi connectivity index (χ4v) is 3.32. The van der Waals surface area contributed by atoms with Crippen molar-refractivity contribution in [1.82, 2.24) is 0 Å². The van der Waals surface area contributed by atoms with Crippen LogP contribution in [0.25, 0.3) is 0 Å². The summed E-state index contributed by atoms with van der Waals surface area (Å²) in [6, 6.07) is 14.7. The van der Waals surface area contributed by atoms with E-state index in [1.54, 1.807) is 6.07 Å². The number of hydrogen-bond acceptors (Lipinski definition) is 2. The zero-order chi connectivity index (χ0) is 16.2. The number of anilines is 1. The van der Waals surface area contributed by atoms with Gasteiger partial charge in [-0.2, -0.15) is 0 Å². The van der Waals surface area contributed by atoms with Crippen LogP contribution >= 0.6 is 15.9 Å². The second kappa shape index (κ2) is 7.43. The summed E-state index contributed by atoms with van der Waals surface area (Å²) in [5.74, 6) is -0.161. The molecule has 0 spiro atoms. The Hall–Kier alpha value is -1.43. The summed E-state index contributed by atoms with van der Waals surface area (Å²) in [7, 11) is 0. The normalized spacial score (nSPS) is 17.3. The molecule has 23 heavy (non-hydrogen) atoms. The number of para-hydroxylation sites is 1. The molecule has 2 aromatic rings. The molecule has 2 N–H and O–H groups in total. The lowest BCUT2D eigenvalue weighted by Crippen LogP contribution is -3.15. The Morgan fingerprint density at radius 3 is 2.39 bits per heavy atom. The number of quaternary nitrogens is 1. The highest BCUT2D eigenvalue weighted by Crippen LogP contribution is 2.19. The van der Waals surface area contributed by atoms with E-state index >= 15 is 0 Å². The van der Waals surface area contributed by atoms with Crippen molar-refractivity contribution in [3.8, 4) is 0 Å². The second-order valence-corrected chi connectivity index (χ2v) is 6.88. The molecule has 1 saturated heterocycles. The Morgan fingerprint density at radius 1 is 1.09 bits per heavy atom. The van der Waals surface area contributed by atoms with Gasteiger partial charge in [0.25, 0.3) is 0 Å². The number of aliphatic hydroxyl groups excluding tert-OH is 1. The van der Waals surface area contributed by atoms with Crippen LogP contribution in [0.4, 0.5) is 10.1 Å². The van der Waals surface area contributed by atoms with Gasteiger partial charge in [-0.15, -0.1) is 0 Å². The minimum atomic E-state index is -0.460. The molecule has 0 saturated carbocycles. The van der Waals surface area contributed by atoms with Crippen LogP contribution in [0.15, 0.2) is 53.0 Å². The number of nitrogens with one attached hydrogen (secondary N) is 1. The van der Waals surface area contributed by atoms with Crippen LogP contribution in [-0.2, 0) is 0 Å². The molecule has 3 rings (SSSR count). The van der Waals surface area contributed by atoms with E-state index in [4.69, 9.17) is 0 Å². The monoisotopic (exact) mass is 379 g/mol. The fraction of sp³-hybridized carbons (Fsp3) is 0.333. The van der Waals surface area contributed by atoms with E-state index in [2.05, 4.69) is 20.8 Å². The van der Waals surface area contributed by atoms with E-state index in [1.807, 2.05) is 36.4 Å². The second-order valence-electron chi connectivity index (χ2n) is 5.96. The first-order valence-corrected chi connectivity index (χ1v) is 8.69. The molecular weight excluding hydrogens is 359 g/mol. The molecule has 3 nitrogen and oxygen atoms in total. The summed E-state index contributed by atoms with van der Waals surface area (Å²) in [5, 5.41) is 10.4. The Bertz CT molecular complexity index is 642. The molecule has 1 heterocycles. The van der Waals surface area contributed by atoms with Crippen molar-refractivity contribution in [2.24, 2.45) is 0 Å². The van der Waals surface area contributed by atoms with Gasteiger partial charge in [-0.1, -0.05) is 40.2 Å². The number of nitrogens with zero attached hydrogens (tertiary/aromatic N) is 1. The van der Waals surface area contributed by atoms with Gasteiger partial charge in [0.1, 0.15) is 18.5 Å².